The molecule has 0 spiro atoms. The van der Waals surface area contributed by atoms with Gasteiger partial charge in [-0.25, -0.2) is 0 Å². The van der Waals surface area contributed by atoms with Crippen molar-refractivity contribution in [3.05, 3.63) is 59.1 Å². The van der Waals surface area contributed by atoms with E-state index in [1.54, 1.807) is 24.3 Å². The summed E-state index contributed by atoms with van der Waals surface area (Å²) in [5.41, 5.74) is 0.743. The number of nitrogens with zero attached hydrogens (tertiary/aromatic N) is 1. The van der Waals surface area contributed by atoms with Crippen LogP contribution in [0.15, 0.2) is 48.5 Å². The van der Waals surface area contributed by atoms with Crippen molar-refractivity contribution < 1.29 is 9.53 Å². The molecule has 2 aromatic rings. The molecule has 27 heavy (non-hydrogen) atoms. The lowest BCUT2D eigenvalue weighted by atomic mass is 9.79. The van der Waals surface area contributed by atoms with E-state index in [0.29, 0.717) is 22.4 Å². The van der Waals surface area contributed by atoms with E-state index in [2.05, 4.69) is 10.6 Å². The number of para-hydroxylation sites is 1. The summed E-state index contributed by atoms with van der Waals surface area (Å²) in [6, 6.07) is 14.6. The molecule has 0 aromatic heterocycles. The second kappa shape index (κ2) is 6.69. The summed E-state index contributed by atoms with van der Waals surface area (Å²) >= 11 is 11.5. The number of amides is 1. The zero-order valence-corrected chi connectivity index (χ0v) is 16.6. The fourth-order valence-electron chi connectivity index (χ4n) is 4.01. The second-order valence-electron chi connectivity index (χ2n) is 6.84. The first-order valence-electron chi connectivity index (χ1n) is 8.86. The minimum atomic E-state index is -0.882. The maximum absolute atomic E-state index is 13.3. The van der Waals surface area contributed by atoms with Crippen molar-refractivity contribution in [2.24, 2.45) is 5.92 Å². The molecule has 2 aliphatic heterocycles. The van der Waals surface area contributed by atoms with Crippen molar-refractivity contribution >= 4 is 40.5 Å². The molecule has 140 valence electrons. The minimum absolute atomic E-state index is 0.132. The van der Waals surface area contributed by atoms with E-state index in [1.807, 2.05) is 43.0 Å². The Morgan fingerprint density at radius 3 is 2.70 bits per heavy atom. The lowest BCUT2D eigenvalue weighted by molar-refractivity contribution is -0.148. The van der Waals surface area contributed by atoms with Crippen molar-refractivity contribution in [2.45, 2.75) is 25.6 Å². The number of hydrogen-bond donors (Lipinski definition) is 2. The van der Waals surface area contributed by atoms with E-state index < -0.39 is 11.6 Å². The number of benzene rings is 2. The van der Waals surface area contributed by atoms with Crippen LogP contribution in [0.25, 0.3) is 0 Å². The first-order chi connectivity index (χ1) is 12.9. The van der Waals surface area contributed by atoms with Gasteiger partial charge < -0.3 is 20.3 Å². The molecule has 0 aliphatic carbocycles. The maximum atomic E-state index is 13.3. The Labute approximate surface area is 168 Å². The third-order valence-corrected chi connectivity index (χ3v) is 5.84. The van der Waals surface area contributed by atoms with Crippen LogP contribution in [0.2, 0.25) is 5.02 Å². The van der Waals surface area contributed by atoms with Crippen LogP contribution < -0.4 is 15.4 Å². The molecule has 0 saturated carbocycles. The normalized spacial score (nSPS) is 25.9. The van der Waals surface area contributed by atoms with Crippen LogP contribution in [-0.4, -0.2) is 28.2 Å². The van der Waals surface area contributed by atoms with Gasteiger partial charge in [0.2, 0.25) is 5.91 Å². The fourth-order valence-corrected chi connectivity index (χ4v) is 4.57. The van der Waals surface area contributed by atoms with Crippen molar-refractivity contribution in [1.82, 2.24) is 10.2 Å². The summed E-state index contributed by atoms with van der Waals surface area (Å²) in [5, 5.41) is 7.56. The average Bonchev–Trinajstić information content (AvgIpc) is 2.63. The molecule has 0 unspecified atom stereocenters. The summed E-state index contributed by atoms with van der Waals surface area (Å²) in [6.07, 6.45) is 0. The standard InChI is InChI=1S/C20H20ClN3O2S/c1-3-24-19(27)23-17-14-6-4-5-7-15(14)26-20(24,2)16(17)18(25)22-13-10-8-12(21)9-11-13/h4-11,16-17H,3H2,1-2H3,(H,22,25)(H,23,27)/t16-,17+,20+/m0/s1. The minimum Gasteiger partial charge on any atom is -0.467 e. The van der Waals surface area contributed by atoms with E-state index in [1.165, 1.54) is 0 Å². The van der Waals surface area contributed by atoms with Gasteiger partial charge in [0.05, 0.1) is 6.04 Å². The first kappa shape index (κ1) is 18.1. The zero-order valence-electron chi connectivity index (χ0n) is 15.0. The van der Waals surface area contributed by atoms with E-state index in [-0.39, 0.29) is 11.9 Å². The summed E-state index contributed by atoms with van der Waals surface area (Å²) in [5.74, 6) is 0.150. The lowest BCUT2D eigenvalue weighted by Gasteiger charge is -2.55. The molecule has 2 aliphatic rings. The second-order valence-corrected chi connectivity index (χ2v) is 7.66. The molecule has 2 heterocycles. The molecule has 2 aromatic carbocycles. The molecule has 1 fully saturated rings. The number of carbonyl (C=O) groups excluding carboxylic acids is 1. The van der Waals surface area contributed by atoms with E-state index >= 15 is 0 Å². The molecule has 7 heteroatoms. The topological polar surface area (TPSA) is 53.6 Å². The van der Waals surface area contributed by atoms with Crippen LogP contribution in [0.4, 0.5) is 5.69 Å². The largest absolute Gasteiger partial charge is 0.467 e. The van der Waals surface area contributed by atoms with Gasteiger partial charge in [-0.3, -0.25) is 4.79 Å². The van der Waals surface area contributed by atoms with Gasteiger partial charge in [0.1, 0.15) is 11.7 Å². The Balaban J connectivity index is 1.75. The Bertz CT molecular complexity index is 904. The molecule has 1 saturated heterocycles. The van der Waals surface area contributed by atoms with Crippen molar-refractivity contribution in [2.75, 3.05) is 11.9 Å². The fraction of sp³-hybridized carbons (Fsp3) is 0.300. The molecular formula is C20H20ClN3O2S. The highest BCUT2D eigenvalue weighted by atomic mass is 35.5. The van der Waals surface area contributed by atoms with Gasteiger partial charge in [0.25, 0.3) is 0 Å². The third kappa shape index (κ3) is 2.93. The zero-order chi connectivity index (χ0) is 19.2. The van der Waals surface area contributed by atoms with Crippen LogP contribution in [0.5, 0.6) is 5.75 Å². The predicted octanol–water partition coefficient (Wildman–Crippen LogP) is 3.95. The first-order valence-corrected chi connectivity index (χ1v) is 9.65. The number of hydrogen-bond acceptors (Lipinski definition) is 3. The number of fused-ring (bicyclic) bond motifs is 4. The summed E-state index contributed by atoms with van der Waals surface area (Å²) in [4.78, 5) is 15.2. The number of halogens is 1. The summed E-state index contributed by atoms with van der Waals surface area (Å²) in [6.45, 7) is 4.55. The molecule has 5 nitrogen and oxygen atoms in total. The molecule has 1 amide bonds. The Morgan fingerprint density at radius 1 is 1.30 bits per heavy atom. The highest BCUT2D eigenvalue weighted by molar-refractivity contribution is 7.80. The SMILES string of the molecule is CCN1C(=S)N[C@@H]2c3ccccc3O[C@]1(C)[C@@H]2C(=O)Nc1ccc(Cl)cc1. The van der Waals surface area contributed by atoms with Crippen molar-refractivity contribution in [1.29, 1.82) is 0 Å². The number of anilines is 1. The number of ether oxygens (including phenoxy) is 1. The number of rotatable bonds is 3. The monoisotopic (exact) mass is 401 g/mol. The van der Waals surface area contributed by atoms with Gasteiger partial charge >= 0.3 is 0 Å². The third-order valence-electron chi connectivity index (χ3n) is 5.25. The van der Waals surface area contributed by atoms with Gasteiger partial charge in [-0.05, 0) is 56.4 Å². The van der Waals surface area contributed by atoms with Gasteiger partial charge in [-0.2, -0.15) is 0 Å². The predicted molar refractivity (Wildman–Crippen MR) is 110 cm³/mol. The average molecular weight is 402 g/mol. The van der Waals surface area contributed by atoms with Gasteiger partial charge in [-0.15, -0.1) is 0 Å². The number of carbonyl (C=O) groups is 1. The Kier molecular flexibility index (Phi) is 4.48. The van der Waals surface area contributed by atoms with Crippen LogP contribution in [0, 0.1) is 5.92 Å². The molecule has 2 N–H and O–H groups in total. The van der Waals surface area contributed by atoms with Crippen molar-refractivity contribution in [3.63, 3.8) is 0 Å². The summed E-state index contributed by atoms with van der Waals surface area (Å²) in [7, 11) is 0. The lowest BCUT2D eigenvalue weighted by Crippen LogP contribution is -2.71. The number of thiocarbonyl (C=S) groups is 1. The van der Waals surface area contributed by atoms with E-state index in [9.17, 15) is 4.79 Å². The van der Waals surface area contributed by atoms with Gasteiger partial charge in [0.15, 0.2) is 10.8 Å². The van der Waals surface area contributed by atoms with Gasteiger partial charge in [-0.1, -0.05) is 29.8 Å². The Hall–Kier alpha value is -2.31. The van der Waals surface area contributed by atoms with Crippen molar-refractivity contribution in [3.8, 4) is 5.75 Å². The molecular weight excluding hydrogens is 382 g/mol. The summed E-state index contributed by atoms with van der Waals surface area (Å²) < 4.78 is 6.37. The molecule has 3 atom stereocenters. The quantitative estimate of drug-likeness (QED) is 0.762. The maximum Gasteiger partial charge on any atom is 0.236 e. The van der Waals surface area contributed by atoms with Crippen LogP contribution in [-0.2, 0) is 4.79 Å². The van der Waals surface area contributed by atoms with E-state index in [0.717, 1.165) is 11.3 Å². The molecule has 2 bridgehead atoms. The van der Waals surface area contributed by atoms with Gasteiger partial charge in [0, 0.05) is 22.8 Å². The highest BCUT2D eigenvalue weighted by Gasteiger charge is 2.58. The highest BCUT2D eigenvalue weighted by Crippen LogP contribution is 2.48. The Morgan fingerprint density at radius 2 is 2.00 bits per heavy atom. The van der Waals surface area contributed by atoms with Crippen LogP contribution in [0.3, 0.4) is 0 Å². The molecule has 4 rings (SSSR count). The van der Waals surface area contributed by atoms with E-state index in [4.69, 9.17) is 28.6 Å². The van der Waals surface area contributed by atoms with Crippen LogP contribution >= 0.6 is 23.8 Å². The molecule has 0 radical (unpaired) electrons. The van der Waals surface area contributed by atoms with Crippen LogP contribution in [0.1, 0.15) is 25.5 Å². The smallest absolute Gasteiger partial charge is 0.236 e. The number of nitrogens with one attached hydrogen (secondary N) is 2.